The largest absolute Gasteiger partial charge is 0.360 e. The number of amides is 2. The van der Waals surface area contributed by atoms with Gasteiger partial charge in [0.05, 0.1) is 11.4 Å². The average molecular weight is 509 g/mol. The number of piperazine rings is 1. The van der Waals surface area contributed by atoms with Gasteiger partial charge in [0.1, 0.15) is 5.82 Å². The van der Waals surface area contributed by atoms with Crippen molar-refractivity contribution in [2.24, 2.45) is 0 Å². The zero-order valence-electron chi connectivity index (χ0n) is 20.4. The quantitative estimate of drug-likeness (QED) is 0.420. The molecule has 0 radical (unpaired) electrons. The van der Waals surface area contributed by atoms with Gasteiger partial charge in [-0.3, -0.25) is 19.3 Å². The zero-order valence-corrected chi connectivity index (χ0v) is 21.2. The van der Waals surface area contributed by atoms with Gasteiger partial charge in [-0.15, -0.1) is 11.8 Å². The number of nitrogens with one attached hydrogen (secondary N) is 1. The number of nitrogens with zero attached hydrogens (tertiary/aromatic N) is 3. The number of aromatic nitrogens is 1. The summed E-state index contributed by atoms with van der Waals surface area (Å²) in [4.78, 5) is 48.0. The molecule has 3 heterocycles. The maximum absolute atomic E-state index is 13.6. The average Bonchev–Trinajstić information content (AvgIpc) is 3.56. The number of halogens is 1. The fourth-order valence-electron chi connectivity index (χ4n) is 4.96. The van der Waals surface area contributed by atoms with Crippen LogP contribution in [-0.2, 0) is 11.3 Å². The van der Waals surface area contributed by atoms with E-state index < -0.39 is 11.7 Å². The highest BCUT2D eigenvalue weighted by Gasteiger charge is 2.33. The van der Waals surface area contributed by atoms with Gasteiger partial charge < -0.3 is 14.8 Å². The predicted octanol–water partition coefficient (Wildman–Crippen LogP) is 3.76. The van der Waals surface area contributed by atoms with E-state index in [1.807, 2.05) is 11.8 Å². The number of Topliss-reactive ketones (excluding diaryl/α,β-unsaturated/α-hetero) is 1. The molecule has 2 aliphatic rings. The Morgan fingerprint density at radius 1 is 1.06 bits per heavy atom. The van der Waals surface area contributed by atoms with Gasteiger partial charge >= 0.3 is 0 Å². The molecule has 0 aliphatic carbocycles. The summed E-state index contributed by atoms with van der Waals surface area (Å²) in [7, 11) is 0. The lowest BCUT2D eigenvalue weighted by Gasteiger charge is -2.44. The molecule has 2 unspecified atom stereocenters. The summed E-state index contributed by atoms with van der Waals surface area (Å²) in [5.41, 5.74) is 2.57. The van der Waals surface area contributed by atoms with Crippen molar-refractivity contribution in [3.63, 3.8) is 0 Å². The van der Waals surface area contributed by atoms with Gasteiger partial charge in [-0.05, 0) is 49.7 Å². The molecule has 3 aromatic rings. The first-order chi connectivity index (χ1) is 17.3. The molecule has 2 aromatic carbocycles. The highest BCUT2D eigenvalue weighted by molar-refractivity contribution is 7.99. The van der Waals surface area contributed by atoms with E-state index in [-0.39, 0.29) is 23.8 Å². The number of hydrogen-bond acceptors (Lipinski definition) is 5. The molecule has 7 nitrogen and oxygen atoms in total. The molecule has 9 heteroatoms. The Morgan fingerprint density at radius 2 is 1.83 bits per heavy atom. The van der Waals surface area contributed by atoms with Crippen molar-refractivity contribution in [2.75, 3.05) is 31.3 Å². The number of rotatable bonds is 5. The number of hydrogen-bond donors (Lipinski definition) is 1. The van der Waals surface area contributed by atoms with Crippen molar-refractivity contribution >= 4 is 40.3 Å². The standard InChI is InChI=1S/C27H29FN4O3S/c1-17-14-32(18(2)13-31(17)15-19-3-6-21(28)7-4-19)26(34)23-12-29-24-8-5-20(11-22(23)24)25(33)27(35)30-9-10-36-16-30/h3-8,11-12,17-18,29H,9-10,13-16H2,1-2H3. The Balaban J connectivity index is 1.33. The normalized spacial score (nSPS) is 20.8. The van der Waals surface area contributed by atoms with Gasteiger partial charge in [0.25, 0.3) is 11.8 Å². The maximum Gasteiger partial charge on any atom is 0.295 e. The summed E-state index contributed by atoms with van der Waals surface area (Å²) in [6.07, 6.45) is 1.68. The van der Waals surface area contributed by atoms with Crippen LogP contribution in [0.25, 0.3) is 10.9 Å². The van der Waals surface area contributed by atoms with E-state index >= 15 is 0 Å². The fourth-order valence-corrected chi connectivity index (χ4v) is 5.91. The van der Waals surface area contributed by atoms with E-state index in [2.05, 4.69) is 16.8 Å². The number of ketones is 1. The Hall–Kier alpha value is -3.17. The molecule has 0 saturated carbocycles. The highest BCUT2D eigenvalue weighted by Crippen LogP contribution is 2.26. The third-order valence-corrected chi connectivity index (χ3v) is 8.05. The van der Waals surface area contributed by atoms with E-state index in [0.29, 0.717) is 48.6 Å². The number of carbonyl (C=O) groups is 3. The van der Waals surface area contributed by atoms with Gasteiger partial charge in [0, 0.05) is 66.7 Å². The second-order valence-corrected chi connectivity index (χ2v) is 10.7. The van der Waals surface area contributed by atoms with Crippen molar-refractivity contribution in [2.45, 2.75) is 32.5 Å². The Bertz CT molecular complexity index is 1300. The number of benzene rings is 2. The van der Waals surface area contributed by atoms with E-state index in [1.165, 1.54) is 12.1 Å². The van der Waals surface area contributed by atoms with Crippen LogP contribution in [0.2, 0.25) is 0 Å². The molecule has 1 aromatic heterocycles. The topological polar surface area (TPSA) is 76.7 Å². The molecule has 0 spiro atoms. The van der Waals surface area contributed by atoms with Crippen molar-refractivity contribution in [1.82, 2.24) is 19.7 Å². The Labute approximate surface area is 213 Å². The molecule has 188 valence electrons. The van der Waals surface area contributed by atoms with Crippen LogP contribution >= 0.6 is 11.8 Å². The monoisotopic (exact) mass is 508 g/mol. The molecule has 2 fully saturated rings. The SMILES string of the molecule is CC1CN(C(=O)c2c[nH]c3ccc(C(=O)C(=O)N4CCSC4)cc23)C(C)CN1Cc1ccc(F)cc1. The number of carbonyl (C=O) groups excluding carboxylic acids is 3. The van der Waals surface area contributed by atoms with E-state index in [4.69, 9.17) is 0 Å². The first-order valence-electron chi connectivity index (χ1n) is 12.1. The first-order valence-corrected chi connectivity index (χ1v) is 13.3. The third kappa shape index (κ3) is 4.77. The van der Waals surface area contributed by atoms with E-state index in [0.717, 1.165) is 16.8 Å². The second kappa shape index (κ2) is 10.1. The van der Waals surface area contributed by atoms with Crippen molar-refractivity contribution < 1.29 is 18.8 Å². The van der Waals surface area contributed by atoms with Gasteiger partial charge in [0.15, 0.2) is 0 Å². The minimum atomic E-state index is -0.546. The fraction of sp³-hybridized carbons (Fsp3) is 0.370. The Morgan fingerprint density at radius 3 is 2.56 bits per heavy atom. The summed E-state index contributed by atoms with van der Waals surface area (Å²) < 4.78 is 13.3. The van der Waals surface area contributed by atoms with Crippen LogP contribution in [0.3, 0.4) is 0 Å². The lowest BCUT2D eigenvalue weighted by molar-refractivity contribution is -0.125. The summed E-state index contributed by atoms with van der Waals surface area (Å²) in [5, 5.41) is 0.642. The van der Waals surface area contributed by atoms with E-state index in [9.17, 15) is 18.8 Å². The van der Waals surface area contributed by atoms with Crippen LogP contribution in [0.4, 0.5) is 4.39 Å². The van der Waals surface area contributed by atoms with Crippen LogP contribution in [0.15, 0.2) is 48.7 Å². The van der Waals surface area contributed by atoms with Gasteiger partial charge in [-0.25, -0.2) is 4.39 Å². The van der Waals surface area contributed by atoms with Crippen molar-refractivity contribution in [3.8, 4) is 0 Å². The molecule has 2 amide bonds. The summed E-state index contributed by atoms with van der Waals surface area (Å²) in [6.45, 7) is 6.63. The summed E-state index contributed by atoms with van der Waals surface area (Å²) in [5.74, 6) is -0.0305. The molecule has 36 heavy (non-hydrogen) atoms. The van der Waals surface area contributed by atoms with Gasteiger partial charge in [-0.1, -0.05) is 12.1 Å². The minimum absolute atomic E-state index is 0.0295. The van der Waals surface area contributed by atoms with Crippen LogP contribution in [-0.4, -0.2) is 80.6 Å². The highest BCUT2D eigenvalue weighted by atomic mass is 32.2. The van der Waals surface area contributed by atoms with Crippen LogP contribution in [0, 0.1) is 5.82 Å². The van der Waals surface area contributed by atoms with Gasteiger partial charge in [0.2, 0.25) is 5.78 Å². The summed E-state index contributed by atoms with van der Waals surface area (Å²) >= 11 is 1.63. The maximum atomic E-state index is 13.6. The number of aromatic amines is 1. The molecule has 0 bridgehead atoms. The molecular weight excluding hydrogens is 479 g/mol. The predicted molar refractivity (Wildman–Crippen MR) is 138 cm³/mol. The lowest BCUT2D eigenvalue weighted by Crippen LogP contribution is -2.57. The molecule has 2 atom stereocenters. The van der Waals surface area contributed by atoms with Crippen LogP contribution in [0.1, 0.15) is 40.1 Å². The molecule has 2 saturated heterocycles. The first kappa shape index (κ1) is 24.5. The Kier molecular flexibility index (Phi) is 6.85. The van der Waals surface area contributed by atoms with Crippen LogP contribution < -0.4 is 0 Å². The van der Waals surface area contributed by atoms with E-state index in [1.54, 1.807) is 53.2 Å². The number of thioether (sulfide) groups is 1. The van der Waals surface area contributed by atoms with Crippen molar-refractivity contribution in [3.05, 3.63) is 71.2 Å². The molecular formula is C27H29FN4O3S. The molecule has 2 aliphatic heterocycles. The third-order valence-electron chi connectivity index (χ3n) is 7.08. The molecule has 5 rings (SSSR count). The molecule has 1 N–H and O–H groups in total. The second-order valence-electron chi connectivity index (χ2n) is 9.61. The summed E-state index contributed by atoms with van der Waals surface area (Å²) in [6, 6.07) is 11.7. The van der Waals surface area contributed by atoms with Gasteiger partial charge in [-0.2, -0.15) is 0 Å². The van der Waals surface area contributed by atoms with Crippen molar-refractivity contribution in [1.29, 1.82) is 0 Å². The van der Waals surface area contributed by atoms with Crippen LogP contribution in [0.5, 0.6) is 0 Å². The minimum Gasteiger partial charge on any atom is -0.360 e. The number of H-pyrrole nitrogens is 1. The lowest BCUT2D eigenvalue weighted by atomic mass is 10.0. The zero-order chi connectivity index (χ0) is 25.4. The smallest absolute Gasteiger partial charge is 0.295 e. The number of fused-ring (bicyclic) bond motifs is 1.